The molecule has 0 spiro atoms. The molecule has 8 nitrogen and oxygen atoms in total. The number of hydrogen-bond acceptors (Lipinski definition) is 6. The molecule has 5 rings (SSSR count). The molecule has 0 bridgehead atoms. The van der Waals surface area contributed by atoms with Crippen molar-refractivity contribution in [2.24, 2.45) is 5.14 Å². The zero-order chi connectivity index (χ0) is 27.0. The fraction of sp³-hybridized carbons (Fsp3) is 0.148. The molecule has 4 aromatic rings. The van der Waals surface area contributed by atoms with Crippen molar-refractivity contribution in [3.8, 4) is 16.4 Å². The number of aromatic carboxylic acids is 1. The van der Waals surface area contributed by atoms with Crippen molar-refractivity contribution in [3.63, 3.8) is 0 Å². The van der Waals surface area contributed by atoms with Crippen LogP contribution in [0.2, 0.25) is 0 Å². The number of carbonyl (C=O) groups is 1. The van der Waals surface area contributed by atoms with Gasteiger partial charge in [0.1, 0.15) is 5.83 Å². The number of aromatic nitrogens is 3. The van der Waals surface area contributed by atoms with Crippen molar-refractivity contribution in [1.82, 2.24) is 14.8 Å². The molecule has 1 atom stereocenters. The maximum atomic E-state index is 13.6. The summed E-state index contributed by atoms with van der Waals surface area (Å²) in [6.45, 7) is 2.01. The summed E-state index contributed by atoms with van der Waals surface area (Å²) in [6, 6.07) is 12.3. The fourth-order valence-electron chi connectivity index (χ4n) is 4.38. The SMILES string of the molecule is Cc1ccc(-c2nn(-c3nc(C(=O)O)cs3)cc2Cc2ccc(S(N)(=O)=O)cc2)cc1C1C=CC(F)=CC1. The topological polar surface area (TPSA) is 128 Å². The first-order valence-corrected chi connectivity index (χ1v) is 14.1. The Kier molecular flexibility index (Phi) is 6.82. The quantitative estimate of drug-likeness (QED) is 0.328. The van der Waals surface area contributed by atoms with Crippen LogP contribution in [-0.4, -0.2) is 34.3 Å². The monoisotopic (exact) mass is 550 g/mol. The minimum absolute atomic E-state index is 0.0235. The third kappa shape index (κ3) is 5.35. The Labute approximate surface area is 222 Å². The number of nitrogens with two attached hydrogens (primary N) is 1. The summed E-state index contributed by atoms with van der Waals surface area (Å²) < 4.78 is 38.4. The molecule has 194 valence electrons. The lowest BCUT2D eigenvalue weighted by Gasteiger charge is -2.18. The van der Waals surface area contributed by atoms with Gasteiger partial charge in [-0.2, -0.15) is 5.10 Å². The van der Waals surface area contributed by atoms with Crippen LogP contribution in [0.25, 0.3) is 16.4 Å². The van der Waals surface area contributed by atoms with Gasteiger partial charge in [0.25, 0.3) is 0 Å². The van der Waals surface area contributed by atoms with Crippen LogP contribution < -0.4 is 5.14 Å². The van der Waals surface area contributed by atoms with Crippen LogP contribution in [-0.2, 0) is 16.4 Å². The second-order valence-corrected chi connectivity index (χ2v) is 11.4. The van der Waals surface area contributed by atoms with E-state index in [9.17, 15) is 22.7 Å². The number of allylic oxidation sites excluding steroid dienone is 4. The fourth-order valence-corrected chi connectivity index (χ4v) is 5.62. The molecule has 0 amide bonds. The molecule has 0 aliphatic heterocycles. The molecule has 3 N–H and O–H groups in total. The molecule has 2 aromatic heterocycles. The highest BCUT2D eigenvalue weighted by molar-refractivity contribution is 7.89. The molecule has 2 aromatic carbocycles. The van der Waals surface area contributed by atoms with E-state index in [1.165, 1.54) is 23.6 Å². The molecule has 0 saturated heterocycles. The molecule has 11 heteroatoms. The lowest BCUT2D eigenvalue weighted by molar-refractivity contribution is 0.0691. The second-order valence-electron chi connectivity index (χ2n) is 9.00. The Bertz CT molecular complexity index is 1700. The van der Waals surface area contributed by atoms with E-state index in [4.69, 9.17) is 10.2 Å². The number of carboxylic acid groups (broad SMARTS) is 1. The number of halogens is 1. The van der Waals surface area contributed by atoms with Crippen molar-refractivity contribution in [2.45, 2.75) is 30.6 Å². The van der Waals surface area contributed by atoms with E-state index in [0.29, 0.717) is 23.7 Å². The van der Waals surface area contributed by atoms with E-state index >= 15 is 0 Å². The lowest BCUT2D eigenvalue weighted by Crippen LogP contribution is -2.11. The number of sulfonamides is 1. The molecule has 0 radical (unpaired) electrons. The highest BCUT2D eigenvalue weighted by Gasteiger charge is 2.20. The standard InChI is InChI=1S/C27H23FN4O4S2/c1-16-2-5-19(13-23(16)18-6-8-21(28)9-7-18)25-20(12-17-3-10-22(11-4-17)38(29,35)36)14-32(31-25)27-30-24(15-37-27)26(33)34/h2-6,8-11,13-15,18H,7,12H2,1H3,(H,33,34)(H2,29,35,36). The summed E-state index contributed by atoms with van der Waals surface area (Å²) in [5.41, 5.74) is 5.26. The van der Waals surface area contributed by atoms with Gasteiger partial charge in [-0.3, -0.25) is 0 Å². The van der Waals surface area contributed by atoms with E-state index in [0.717, 1.165) is 39.2 Å². The summed E-state index contributed by atoms with van der Waals surface area (Å²) in [7, 11) is -3.81. The summed E-state index contributed by atoms with van der Waals surface area (Å²) >= 11 is 1.16. The number of carboxylic acids is 1. The number of primary sulfonamides is 1. The number of rotatable bonds is 7. The van der Waals surface area contributed by atoms with Gasteiger partial charge in [0.2, 0.25) is 15.2 Å². The van der Waals surface area contributed by atoms with Crippen LogP contribution in [0.5, 0.6) is 0 Å². The van der Waals surface area contributed by atoms with E-state index in [-0.39, 0.29) is 22.3 Å². The second kappa shape index (κ2) is 10.1. The van der Waals surface area contributed by atoms with Gasteiger partial charge in [0, 0.05) is 35.0 Å². The number of thiazole rings is 1. The molecule has 38 heavy (non-hydrogen) atoms. The molecular weight excluding hydrogens is 527 g/mol. The Balaban J connectivity index is 1.57. The van der Waals surface area contributed by atoms with Gasteiger partial charge in [-0.25, -0.2) is 32.4 Å². The van der Waals surface area contributed by atoms with Gasteiger partial charge in [0.15, 0.2) is 5.69 Å². The lowest BCUT2D eigenvalue weighted by atomic mass is 9.87. The third-order valence-corrected chi connectivity index (χ3v) is 8.11. The number of benzene rings is 2. The molecule has 1 aliphatic carbocycles. The van der Waals surface area contributed by atoms with Crippen molar-refractivity contribution in [2.75, 3.05) is 0 Å². The Morgan fingerprint density at radius 2 is 2.00 bits per heavy atom. The van der Waals surface area contributed by atoms with Gasteiger partial charge in [-0.1, -0.05) is 30.3 Å². The first-order valence-electron chi connectivity index (χ1n) is 11.6. The zero-order valence-electron chi connectivity index (χ0n) is 20.2. The van der Waals surface area contributed by atoms with Gasteiger partial charge >= 0.3 is 5.97 Å². The largest absolute Gasteiger partial charge is 0.476 e. The minimum atomic E-state index is -3.81. The maximum Gasteiger partial charge on any atom is 0.355 e. The number of aryl methyl sites for hydroxylation is 1. The van der Waals surface area contributed by atoms with Crippen LogP contribution in [0.1, 0.15) is 45.1 Å². The van der Waals surface area contributed by atoms with Gasteiger partial charge in [-0.15, -0.1) is 11.3 Å². The maximum absolute atomic E-state index is 13.6. The van der Waals surface area contributed by atoms with Crippen LogP contribution in [0, 0.1) is 6.92 Å². The van der Waals surface area contributed by atoms with E-state index in [1.54, 1.807) is 29.1 Å². The Hall–Kier alpha value is -3.93. The van der Waals surface area contributed by atoms with E-state index < -0.39 is 16.0 Å². The average Bonchev–Trinajstić information content (AvgIpc) is 3.53. The molecule has 0 saturated carbocycles. The van der Waals surface area contributed by atoms with Crippen LogP contribution in [0.4, 0.5) is 4.39 Å². The van der Waals surface area contributed by atoms with Crippen LogP contribution in [0.3, 0.4) is 0 Å². The summed E-state index contributed by atoms with van der Waals surface area (Å²) in [5.74, 6) is -1.33. The summed E-state index contributed by atoms with van der Waals surface area (Å²) in [6.07, 6.45) is 7.70. The van der Waals surface area contributed by atoms with Crippen LogP contribution in [0.15, 0.2) is 83.0 Å². The van der Waals surface area contributed by atoms with E-state index in [2.05, 4.69) is 4.98 Å². The summed E-state index contributed by atoms with van der Waals surface area (Å²) in [4.78, 5) is 15.5. The smallest absolute Gasteiger partial charge is 0.355 e. The predicted octanol–water partition coefficient (Wildman–Crippen LogP) is 5.14. The van der Waals surface area contributed by atoms with Gasteiger partial charge in [-0.05, 0) is 60.4 Å². The highest BCUT2D eigenvalue weighted by Crippen LogP contribution is 2.34. The average molecular weight is 551 g/mol. The number of hydrogen-bond donors (Lipinski definition) is 2. The van der Waals surface area contributed by atoms with Crippen molar-refractivity contribution in [3.05, 3.63) is 106 Å². The molecule has 1 aliphatic rings. The molecule has 2 heterocycles. The first-order chi connectivity index (χ1) is 18.1. The van der Waals surface area contributed by atoms with Crippen molar-refractivity contribution in [1.29, 1.82) is 0 Å². The minimum Gasteiger partial charge on any atom is -0.476 e. The van der Waals surface area contributed by atoms with E-state index in [1.807, 2.05) is 31.2 Å². The van der Waals surface area contributed by atoms with Crippen LogP contribution >= 0.6 is 11.3 Å². The van der Waals surface area contributed by atoms with Crippen molar-refractivity contribution < 1.29 is 22.7 Å². The Morgan fingerprint density at radius 3 is 2.63 bits per heavy atom. The molecular formula is C27H23FN4O4S2. The van der Waals surface area contributed by atoms with Gasteiger partial charge in [0.05, 0.1) is 10.6 Å². The summed E-state index contributed by atoms with van der Waals surface area (Å²) in [5, 5.41) is 21.1. The Morgan fingerprint density at radius 1 is 1.24 bits per heavy atom. The number of nitrogens with zero attached hydrogens (tertiary/aromatic N) is 3. The molecule has 0 fully saturated rings. The normalized spacial score (nSPS) is 15.4. The molecule has 1 unspecified atom stereocenters. The first kappa shape index (κ1) is 25.7. The highest BCUT2D eigenvalue weighted by atomic mass is 32.2. The zero-order valence-corrected chi connectivity index (χ0v) is 21.8. The van der Waals surface area contributed by atoms with Crippen molar-refractivity contribution >= 4 is 27.3 Å². The predicted molar refractivity (Wildman–Crippen MR) is 143 cm³/mol. The third-order valence-electron chi connectivity index (χ3n) is 6.35. The van der Waals surface area contributed by atoms with Gasteiger partial charge < -0.3 is 5.11 Å².